The number of aryl methyl sites for hydroxylation is 1. The number of carbonyl (C=O) groups is 1. The van der Waals surface area contributed by atoms with Gasteiger partial charge in [-0.1, -0.05) is 13.8 Å². The second-order valence-electron chi connectivity index (χ2n) is 11.6. The van der Waals surface area contributed by atoms with Crippen LogP contribution in [0.5, 0.6) is 0 Å². The lowest BCUT2D eigenvalue weighted by molar-refractivity contribution is -0.137. The molecule has 2 bridgehead atoms. The average Bonchev–Trinajstić information content (AvgIpc) is 3.39. The summed E-state index contributed by atoms with van der Waals surface area (Å²) in [6.45, 7) is 7.12. The molecule has 9 nitrogen and oxygen atoms in total. The summed E-state index contributed by atoms with van der Waals surface area (Å²) in [6, 6.07) is 1.44. The fourth-order valence-electron chi connectivity index (χ4n) is 6.04. The number of likely N-dealkylation sites (tertiary alicyclic amines) is 1. The lowest BCUT2D eigenvalue weighted by Gasteiger charge is -2.36. The summed E-state index contributed by atoms with van der Waals surface area (Å²) in [4.78, 5) is 24.8. The Bertz CT molecular complexity index is 1170. The normalized spacial score (nSPS) is 25.3. The molecule has 3 saturated heterocycles. The molecular weight excluding hydrogens is 497 g/mol. The number of piperidine rings is 1. The third kappa shape index (κ3) is 5.32. The molecule has 3 fully saturated rings. The highest BCUT2D eigenvalue weighted by Gasteiger charge is 2.40. The Morgan fingerprint density at radius 1 is 1.16 bits per heavy atom. The number of nitrogens with one attached hydrogen (secondary N) is 2. The van der Waals surface area contributed by atoms with E-state index in [4.69, 9.17) is 5.10 Å². The number of amides is 1. The highest BCUT2D eigenvalue weighted by atomic mass is 19.4. The second-order valence-corrected chi connectivity index (χ2v) is 11.6. The summed E-state index contributed by atoms with van der Waals surface area (Å²) in [5.74, 6) is -0.117. The molecule has 38 heavy (non-hydrogen) atoms. The van der Waals surface area contributed by atoms with Crippen molar-refractivity contribution in [2.24, 2.45) is 5.41 Å². The van der Waals surface area contributed by atoms with E-state index < -0.39 is 11.7 Å². The third-order valence-corrected chi connectivity index (χ3v) is 8.47. The zero-order valence-corrected chi connectivity index (χ0v) is 22.5. The first-order valence-corrected chi connectivity index (χ1v) is 13.4. The van der Waals surface area contributed by atoms with Gasteiger partial charge in [-0.3, -0.25) is 9.48 Å². The van der Waals surface area contributed by atoms with E-state index in [9.17, 15) is 18.0 Å². The van der Waals surface area contributed by atoms with Gasteiger partial charge in [0.15, 0.2) is 0 Å². The van der Waals surface area contributed by atoms with Crippen molar-refractivity contribution < 1.29 is 18.0 Å². The Hall–Kier alpha value is -2.89. The van der Waals surface area contributed by atoms with Crippen molar-refractivity contribution in [3.05, 3.63) is 23.7 Å². The number of carbonyl (C=O) groups excluding carboxylic acids is 1. The van der Waals surface area contributed by atoms with Gasteiger partial charge in [0.1, 0.15) is 11.4 Å². The molecule has 3 aliphatic heterocycles. The summed E-state index contributed by atoms with van der Waals surface area (Å²) in [7, 11) is 2.19. The molecule has 0 spiro atoms. The zero-order valence-electron chi connectivity index (χ0n) is 22.5. The van der Waals surface area contributed by atoms with Crippen LogP contribution in [0, 0.1) is 12.3 Å². The molecule has 12 heteroatoms. The number of nitrogens with zero attached hydrogens (tertiary/aromatic N) is 6. The topological polar surface area (TPSA) is 91.2 Å². The SMILES string of the molecule is Cc1nn(C2CC3CCC(C2)N3C)cc1Nc1ncc(C(F)(F)F)c(NCCCN2CCC(C)(C)C2=O)n1. The van der Waals surface area contributed by atoms with Crippen LogP contribution in [0.1, 0.15) is 69.7 Å². The second kappa shape index (κ2) is 10.0. The van der Waals surface area contributed by atoms with Gasteiger partial charge in [-0.15, -0.1) is 0 Å². The molecule has 208 valence electrons. The van der Waals surface area contributed by atoms with E-state index in [1.54, 1.807) is 4.90 Å². The Morgan fingerprint density at radius 3 is 2.50 bits per heavy atom. The first kappa shape index (κ1) is 26.7. The maximum atomic E-state index is 13.7. The molecule has 0 aliphatic carbocycles. The molecule has 1 amide bonds. The number of halogens is 3. The van der Waals surface area contributed by atoms with Gasteiger partial charge in [0.05, 0.1) is 17.4 Å². The van der Waals surface area contributed by atoms with Crippen molar-refractivity contribution in [1.82, 2.24) is 29.5 Å². The van der Waals surface area contributed by atoms with Crippen LogP contribution in [0.2, 0.25) is 0 Å². The Labute approximate surface area is 221 Å². The predicted octanol–water partition coefficient (Wildman–Crippen LogP) is 4.60. The van der Waals surface area contributed by atoms with Crippen LogP contribution in [0.25, 0.3) is 0 Å². The minimum atomic E-state index is -4.59. The van der Waals surface area contributed by atoms with Gasteiger partial charge in [-0.05, 0) is 52.5 Å². The van der Waals surface area contributed by atoms with E-state index in [1.807, 2.05) is 31.6 Å². The Balaban J connectivity index is 1.25. The van der Waals surface area contributed by atoms with Gasteiger partial charge in [0.2, 0.25) is 11.9 Å². The van der Waals surface area contributed by atoms with Crippen molar-refractivity contribution in [3.63, 3.8) is 0 Å². The zero-order chi connectivity index (χ0) is 27.2. The Morgan fingerprint density at radius 2 is 1.87 bits per heavy atom. The molecule has 0 aromatic carbocycles. The molecule has 0 radical (unpaired) electrons. The van der Waals surface area contributed by atoms with Crippen LogP contribution in [-0.4, -0.2) is 74.2 Å². The summed E-state index contributed by atoms with van der Waals surface area (Å²) in [5, 5.41) is 10.6. The van der Waals surface area contributed by atoms with Gasteiger partial charge in [-0.25, -0.2) is 4.98 Å². The summed E-state index contributed by atoms with van der Waals surface area (Å²) >= 11 is 0. The van der Waals surface area contributed by atoms with E-state index in [-0.39, 0.29) is 29.6 Å². The van der Waals surface area contributed by atoms with Crippen LogP contribution >= 0.6 is 0 Å². The molecule has 2 aromatic heterocycles. The monoisotopic (exact) mass is 534 g/mol. The largest absolute Gasteiger partial charge is 0.421 e. The van der Waals surface area contributed by atoms with E-state index in [0.717, 1.165) is 31.2 Å². The maximum Gasteiger partial charge on any atom is 0.421 e. The van der Waals surface area contributed by atoms with Crippen LogP contribution < -0.4 is 10.6 Å². The molecular formula is C26H37F3N8O. The summed E-state index contributed by atoms with van der Waals surface area (Å²) in [6.07, 6.45) is 3.92. The van der Waals surface area contributed by atoms with Gasteiger partial charge in [0.25, 0.3) is 0 Å². The van der Waals surface area contributed by atoms with Crippen LogP contribution in [0.3, 0.4) is 0 Å². The van der Waals surface area contributed by atoms with E-state index in [2.05, 4.69) is 32.5 Å². The molecule has 5 heterocycles. The van der Waals surface area contributed by atoms with Crippen LogP contribution in [0.15, 0.2) is 12.4 Å². The van der Waals surface area contributed by atoms with Gasteiger partial charge in [-0.2, -0.15) is 23.3 Å². The highest BCUT2D eigenvalue weighted by molar-refractivity contribution is 5.83. The number of fused-ring (bicyclic) bond motifs is 2. The third-order valence-electron chi connectivity index (χ3n) is 8.47. The van der Waals surface area contributed by atoms with Crippen LogP contribution in [-0.2, 0) is 11.0 Å². The van der Waals surface area contributed by atoms with Gasteiger partial charge in [0, 0.05) is 49.5 Å². The lowest BCUT2D eigenvalue weighted by atomic mass is 9.92. The maximum absolute atomic E-state index is 13.7. The van der Waals surface area contributed by atoms with Gasteiger partial charge >= 0.3 is 6.18 Å². The molecule has 2 unspecified atom stereocenters. The van der Waals surface area contributed by atoms with E-state index in [1.165, 1.54) is 12.8 Å². The van der Waals surface area contributed by atoms with Crippen molar-refractivity contribution in [2.45, 2.75) is 83.6 Å². The highest BCUT2D eigenvalue weighted by Crippen LogP contribution is 2.40. The van der Waals surface area contributed by atoms with Crippen molar-refractivity contribution >= 4 is 23.4 Å². The predicted molar refractivity (Wildman–Crippen MR) is 138 cm³/mol. The number of anilines is 3. The molecule has 0 saturated carbocycles. The van der Waals surface area contributed by atoms with Crippen molar-refractivity contribution in [3.8, 4) is 0 Å². The summed E-state index contributed by atoms with van der Waals surface area (Å²) < 4.78 is 43.0. The minimum Gasteiger partial charge on any atom is -0.369 e. The number of hydrogen-bond acceptors (Lipinski definition) is 7. The molecule has 2 atom stereocenters. The van der Waals surface area contributed by atoms with Gasteiger partial charge < -0.3 is 20.4 Å². The number of rotatable bonds is 8. The molecule has 2 N–H and O–H groups in total. The fourth-order valence-corrected chi connectivity index (χ4v) is 6.04. The fraction of sp³-hybridized carbons (Fsp3) is 0.692. The molecule has 2 aromatic rings. The number of alkyl halides is 3. The number of hydrogen-bond donors (Lipinski definition) is 2. The standard InChI is InChI=1S/C26H37F3N8O/c1-16-21(15-37(34-16)19-12-17-6-7-18(13-19)35(17)4)32-24-31-14-20(26(27,28)29)22(33-24)30-9-5-10-36-11-8-25(2,3)23(36)38/h14-15,17-19H,5-13H2,1-4H3,(H2,30,31,32,33). The first-order chi connectivity index (χ1) is 17.9. The smallest absolute Gasteiger partial charge is 0.369 e. The lowest BCUT2D eigenvalue weighted by Crippen LogP contribution is -2.40. The quantitative estimate of drug-likeness (QED) is 0.478. The molecule has 3 aliphatic rings. The molecule has 5 rings (SSSR count). The number of aromatic nitrogens is 4. The Kier molecular flexibility index (Phi) is 7.04. The van der Waals surface area contributed by atoms with E-state index >= 15 is 0 Å². The van der Waals surface area contributed by atoms with E-state index in [0.29, 0.717) is 43.3 Å². The van der Waals surface area contributed by atoms with Crippen molar-refractivity contribution in [2.75, 3.05) is 37.3 Å². The van der Waals surface area contributed by atoms with Crippen molar-refractivity contribution in [1.29, 1.82) is 0 Å². The van der Waals surface area contributed by atoms with Crippen LogP contribution in [0.4, 0.5) is 30.6 Å². The average molecular weight is 535 g/mol. The summed E-state index contributed by atoms with van der Waals surface area (Å²) in [5.41, 5.74) is 0.128. The minimum absolute atomic E-state index is 0.0723. The first-order valence-electron chi connectivity index (χ1n) is 13.4.